The fraction of sp³-hybridized carbons (Fsp3) is 0.154. The van der Waals surface area contributed by atoms with Crippen LogP contribution in [-0.4, -0.2) is 5.78 Å². The Balaban J connectivity index is 2.36. The van der Waals surface area contributed by atoms with E-state index in [0.29, 0.717) is 6.42 Å². The first-order chi connectivity index (χ1) is 6.86. The molecule has 0 spiro atoms. The summed E-state index contributed by atoms with van der Waals surface area (Å²) in [6.07, 6.45) is 7.87. The van der Waals surface area contributed by atoms with Crippen molar-refractivity contribution in [2.75, 3.05) is 0 Å². The Morgan fingerprint density at radius 2 is 2.07 bits per heavy atom. The van der Waals surface area contributed by atoms with Crippen molar-refractivity contribution < 1.29 is 4.79 Å². The quantitative estimate of drug-likeness (QED) is 0.602. The van der Waals surface area contributed by atoms with Gasteiger partial charge in [0.25, 0.3) is 0 Å². The van der Waals surface area contributed by atoms with Gasteiger partial charge in [0.15, 0.2) is 5.78 Å². The molecule has 0 bridgehead atoms. The molecule has 0 radical (unpaired) electrons. The molecule has 1 nitrogen and oxygen atoms in total. The highest BCUT2D eigenvalue weighted by molar-refractivity contribution is 6.06. The lowest BCUT2D eigenvalue weighted by Crippen LogP contribution is -2.00. The van der Waals surface area contributed by atoms with E-state index in [1.807, 2.05) is 12.1 Å². The summed E-state index contributed by atoms with van der Waals surface area (Å²) in [6.45, 7) is 0. The fourth-order valence-electron chi connectivity index (χ4n) is 2.19. The van der Waals surface area contributed by atoms with Crippen LogP contribution in [0.4, 0.5) is 0 Å². The van der Waals surface area contributed by atoms with Crippen molar-refractivity contribution in [2.24, 2.45) is 0 Å². The zero-order valence-corrected chi connectivity index (χ0v) is 7.79. The molecule has 0 saturated heterocycles. The minimum Gasteiger partial charge on any atom is -0.294 e. The summed E-state index contributed by atoms with van der Waals surface area (Å²) in [4.78, 5) is 11.8. The Kier molecular flexibility index (Phi) is 1.48. The lowest BCUT2D eigenvalue weighted by Gasteiger charge is -2.05. The van der Waals surface area contributed by atoms with Gasteiger partial charge in [0.2, 0.25) is 0 Å². The van der Waals surface area contributed by atoms with E-state index in [0.717, 1.165) is 17.5 Å². The normalized spacial score (nSPS) is 17.7. The molecule has 0 saturated carbocycles. The van der Waals surface area contributed by atoms with Crippen LogP contribution in [0.25, 0.3) is 11.6 Å². The standard InChI is InChI=1S/C13H10O/c14-12-6-2-4-10-8-7-9-3-1-5-11(12)13(9)10/h1,3-5,7-8H,2,6H2. The first-order valence-electron chi connectivity index (χ1n) is 4.91. The number of benzene rings is 1. The number of rotatable bonds is 0. The maximum atomic E-state index is 11.8. The highest BCUT2D eigenvalue weighted by atomic mass is 16.1. The number of hydrogen-bond donors (Lipinski definition) is 0. The van der Waals surface area contributed by atoms with Crippen molar-refractivity contribution >= 4 is 17.4 Å². The molecule has 68 valence electrons. The van der Waals surface area contributed by atoms with E-state index in [4.69, 9.17) is 0 Å². The van der Waals surface area contributed by atoms with Crippen LogP contribution >= 0.6 is 0 Å². The molecule has 0 atom stereocenters. The number of ketones is 1. The summed E-state index contributed by atoms with van der Waals surface area (Å²) >= 11 is 0. The second-order valence-corrected chi connectivity index (χ2v) is 3.72. The number of carbonyl (C=O) groups excluding carboxylic acids is 1. The van der Waals surface area contributed by atoms with Crippen LogP contribution in [0, 0.1) is 0 Å². The van der Waals surface area contributed by atoms with Gasteiger partial charge in [-0.05, 0) is 23.1 Å². The molecule has 3 rings (SSSR count). The van der Waals surface area contributed by atoms with Crippen LogP contribution in [0.2, 0.25) is 0 Å². The van der Waals surface area contributed by atoms with Crippen LogP contribution in [0.1, 0.15) is 34.3 Å². The highest BCUT2D eigenvalue weighted by Crippen LogP contribution is 2.35. The zero-order valence-electron chi connectivity index (χ0n) is 7.79. The molecule has 0 heterocycles. The molecular weight excluding hydrogens is 172 g/mol. The molecule has 0 amide bonds. The smallest absolute Gasteiger partial charge is 0.163 e. The third-order valence-corrected chi connectivity index (χ3v) is 2.86. The van der Waals surface area contributed by atoms with Crippen molar-refractivity contribution in [3.63, 3.8) is 0 Å². The van der Waals surface area contributed by atoms with Crippen LogP contribution in [-0.2, 0) is 0 Å². The predicted octanol–water partition coefficient (Wildman–Crippen LogP) is 3.07. The van der Waals surface area contributed by atoms with Crippen LogP contribution in [0.5, 0.6) is 0 Å². The maximum absolute atomic E-state index is 11.8. The zero-order chi connectivity index (χ0) is 9.54. The molecule has 2 aliphatic carbocycles. The highest BCUT2D eigenvalue weighted by Gasteiger charge is 2.20. The average molecular weight is 182 g/mol. The second-order valence-electron chi connectivity index (χ2n) is 3.72. The van der Waals surface area contributed by atoms with E-state index < -0.39 is 0 Å². The van der Waals surface area contributed by atoms with Crippen molar-refractivity contribution in [1.82, 2.24) is 0 Å². The fourth-order valence-corrected chi connectivity index (χ4v) is 2.19. The maximum Gasteiger partial charge on any atom is 0.163 e. The molecule has 0 fully saturated rings. The van der Waals surface area contributed by atoms with Gasteiger partial charge in [0.05, 0.1) is 0 Å². The Morgan fingerprint density at radius 3 is 3.00 bits per heavy atom. The Hall–Kier alpha value is -1.63. The molecule has 1 aromatic rings. The van der Waals surface area contributed by atoms with Crippen molar-refractivity contribution in [2.45, 2.75) is 12.8 Å². The summed E-state index contributed by atoms with van der Waals surface area (Å²) < 4.78 is 0. The predicted molar refractivity (Wildman–Crippen MR) is 57.0 cm³/mol. The molecule has 1 heteroatoms. The number of Topliss-reactive ketones (excluding diaryl/α,β-unsaturated/α-hetero) is 1. The largest absolute Gasteiger partial charge is 0.294 e. The monoisotopic (exact) mass is 182 g/mol. The molecule has 0 unspecified atom stereocenters. The first kappa shape index (κ1) is 7.74. The third-order valence-electron chi connectivity index (χ3n) is 2.86. The van der Waals surface area contributed by atoms with E-state index in [9.17, 15) is 4.79 Å². The van der Waals surface area contributed by atoms with Crippen molar-refractivity contribution in [3.05, 3.63) is 47.0 Å². The van der Waals surface area contributed by atoms with Gasteiger partial charge in [-0.15, -0.1) is 0 Å². The minimum atomic E-state index is 0.275. The van der Waals surface area contributed by atoms with Gasteiger partial charge in [-0.1, -0.05) is 36.4 Å². The van der Waals surface area contributed by atoms with E-state index in [-0.39, 0.29) is 5.78 Å². The van der Waals surface area contributed by atoms with E-state index in [1.54, 1.807) is 0 Å². The lowest BCUT2D eigenvalue weighted by molar-refractivity contribution is 0.0984. The topological polar surface area (TPSA) is 17.1 Å². The van der Waals surface area contributed by atoms with Gasteiger partial charge in [0, 0.05) is 12.0 Å². The van der Waals surface area contributed by atoms with Crippen molar-refractivity contribution in [3.8, 4) is 0 Å². The lowest BCUT2D eigenvalue weighted by atomic mass is 9.98. The summed E-state index contributed by atoms with van der Waals surface area (Å²) in [7, 11) is 0. The number of hydrogen-bond acceptors (Lipinski definition) is 1. The van der Waals surface area contributed by atoms with Gasteiger partial charge in [-0.2, -0.15) is 0 Å². The molecule has 2 aliphatic rings. The Morgan fingerprint density at radius 1 is 1.14 bits per heavy atom. The van der Waals surface area contributed by atoms with E-state index >= 15 is 0 Å². The first-order valence-corrected chi connectivity index (χ1v) is 4.91. The van der Waals surface area contributed by atoms with Crippen LogP contribution < -0.4 is 0 Å². The summed E-state index contributed by atoms with van der Waals surface area (Å²) in [5, 5.41) is 0. The molecule has 0 N–H and O–H groups in total. The van der Waals surface area contributed by atoms with E-state index in [2.05, 4.69) is 24.3 Å². The summed E-state index contributed by atoms with van der Waals surface area (Å²) in [6, 6.07) is 5.97. The average Bonchev–Trinajstić information content (AvgIpc) is 2.53. The third kappa shape index (κ3) is 0.925. The molecule has 0 aromatic heterocycles. The van der Waals surface area contributed by atoms with Crippen LogP contribution in [0.15, 0.2) is 30.4 Å². The molecule has 1 aromatic carbocycles. The van der Waals surface area contributed by atoms with E-state index in [1.165, 1.54) is 11.1 Å². The molecular formula is C13H10O. The van der Waals surface area contributed by atoms with Gasteiger partial charge in [-0.3, -0.25) is 4.79 Å². The summed E-state index contributed by atoms with van der Waals surface area (Å²) in [5.41, 5.74) is 4.46. The Bertz CT molecular complexity index is 478. The SMILES string of the molecule is O=C1CCC=C2C=Cc3cccc1c32. The second kappa shape index (κ2) is 2.68. The van der Waals surface area contributed by atoms with Gasteiger partial charge in [-0.25, -0.2) is 0 Å². The molecule has 14 heavy (non-hydrogen) atoms. The number of carbonyl (C=O) groups is 1. The number of allylic oxidation sites excluding steroid dienone is 3. The molecule has 0 aliphatic heterocycles. The summed E-state index contributed by atoms with van der Waals surface area (Å²) in [5.74, 6) is 0.275. The van der Waals surface area contributed by atoms with Gasteiger partial charge in [0.1, 0.15) is 0 Å². The van der Waals surface area contributed by atoms with Crippen LogP contribution in [0.3, 0.4) is 0 Å². The van der Waals surface area contributed by atoms with Gasteiger partial charge >= 0.3 is 0 Å². The van der Waals surface area contributed by atoms with Gasteiger partial charge < -0.3 is 0 Å². The Labute approximate surface area is 82.8 Å². The minimum absolute atomic E-state index is 0.275. The van der Waals surface area contributed by atoms with Crippen molar-refractivity contribution in [1.29, 1.82) is 0 Å².